The van der Waals surface area contributed by atoms with E-state index >= 15 is 0 Å². The molecule has 0 aromatic rings. The third-order valence-corrected chi connectivity index (χ3v) is 2.51. The van der Waals surface area contributed by atoms with Crippen LogP contribution in [0, 0.1) is 5.41 Å². The van der Waals surface area contributed by atoms with Gasteiger partial charge in [-0.25, -0.2) is 0 Å². The normalized spacial score (nSPS) is 29.9. The molecule has 1 aliphatic rings. The molecule has 84 valence electrons. The van der Waals surface area contributed by atoms with Crippen LogP contribution in [0.1, 0.15) is 26.2 Å². The maximum absolute atomic E-state index is 11.4. The Morgan fingerprint density at radius 2 is 2.13 bits per heavy atom. The van der Waals surface area contributed by atoms with E-state index in [0.29, 0.717) is 0 Å². The molecule has 6 heteroatoms. The molecule has 1 rings (SSSR count). The Bertz CT molecular complexity index is 310. The predicted molar refractivity (Wildman–Crippen MR) is 47.1 cm³/mol. The molecule has 0 aromatic heterocycles. The van der Waals surface area contributed by atoms with Crippen LogP contribution >= 0.6 is 0 Å². The van der Waals surface area contributed by atoms with Gasteiger partial charge in [-0.15, -0.1) is 0 Å². The first-order valence-corrected chi connectivity index (χ1v) is 4.55. The number of ether oxygens (including phenoxy) is 1. The van der Waals surface area contributed by atoms with Crippen molar-refractivity contribution in [3.05, 3.63) is 0 Å². The lowest BCUT2D eigenvalue weighted by molar-refractivity contribution is -0.161. The summed E-state index contributed by atoms with van der Waals surface area (Å²) in [5.41, 5.74) is -1.67. The Hall–Kier alpha value is -1.59. The molecule has 15 heavy (non-hydrogen) atoms. The van der Waals surface area contributed by atoms with Crippen molar-refractivity contribution >= 4 is 17.9 Å². The van der Waals surface area contributed by atoms with Gasteiger partial charge in [0.1, 0.15) is 6.10 Å². The highest BCUT2D eigenvalue weighted by Crippen LogP contribution is 2.38. The Labute approximate surface area is 85.8 Å². The van der Waals surface area contributed by atoms with Crippen LogP contribution in [0.2, 0.25) is 0 Å². The van der Waals surface area contributed by atoms with Crippen LogP contribution in [0.4, 0.5) is 0 Å². The molecule has 0 aliphatic carbocycles. The van der Waals surface area contributed by atoms with Gasteiger partial charge in [0, 0.05) is 12.8 Å². The van der Waals surface area contributed by atoms with Gasteiger partial charge < -0.3 is 14.9 Å². The van der Waals surface area contributed by atoms with Gasteiger partial charge in [-0.3, -0.25) is 14.4 Å². The molecular weight excluding hydrogens is 204 g/mol. The highest BCUT2D eigenvalue weighted by Gasteiger charge is 2.53. The first-order chi connectivity index (χ1) is 6.88. The van der Waals surface area contributed by atoms with Gasteiger partial charge in [-0.1, -0.05) is 0 Å². The maximum Gasteiger partial charge on any atom is 0.323 e. The van der Waals surface area contributed by atoms with Crippen LogP contribution in [-0.4, -0.2) is 34.2 Å². The Kier molecular flexibility index (Phi) is 2.97. The summed E-state index contributed by atoms with van der Waals surface area (Å²) in [5.74, 6) is -3.26. The summed E-state index contributed by atoms with van der Waals surface area (Å²) in [6, 6.07) is 0. The second-order valence-corrected chi connectivity index (χ2v) is 3.70. The molecular formula is C9H12O6. The standard InChI is InChI=1S/C9H12O6/c1-5-4-9(7(12)13,8(14)15-5)3-2-6(10)11/h5H,2-4H2,1H3,(H,10,11)(H,12,13). The number of hydrogen-bond donors (Lipinski definition) is 2. The summed E-state index contributed by atoms with van der Waals surface area (Å²) in [5, 5.41) is 17.4. The van der Waals surface area contributed by atoms with Crippen molar-refractivity contribution in [3.63, 3.8) is 0 Å². The minimum atomic E-state index is -1.67. The number of hydrogen-bond acceptors (Lipinski definition) is 4. The third kappa shape index (κ3) is 2.08. The molecule has 1 fully saturated rings. The van der Waals surface area contributed by atoms with Gasteiger partial charge in [0.25, 0.3) is 0 Å². The third-order valence-electron chi connectivity index (χ3n) is 2.51. The average Bonchev–Trinajstić information content (AvgIpc) is 2.38. The Morgan fingerprint density at radius 1 is 1.53 bits per heavy atom. The first-order valence-electron chi connectivity index (χ1n) is 4.55. The Balaban J connectivity index is 2.84. The van der Waals surface area contributed by atoms with Crippen LogP contribution < -0.4 is 0 Å². The summed E-state index contributed by atoms with van der Waals surface area (Å²) in [4.78, 5) is 32.7. The van der Waals surface area contributed by atoms with E-state index in [2.05, 4.69) is 0 Å². The zero-order chi connectivity index (χ0) is 11.6. The molecule has 0 amide bonds. The van der Waals surface area contributed by atoms with Crippen LogP contribution in [0.25, 0.3) is 0 Å². The molecule has 0 saturated carbocycles. The van der Waals surface area contributed by atoms with Gasteiger partial charge in [0.2, 0.25) is 0 Å². The van der Waals surface area contributed by atoms with Crippen molar-refractivity contribution in [1.29, 1.82) is 0 Å². The molecule has 0 aromatic carbocycles. The molecule has 1 saturated heterocycles. The second-order valence-electron chi connectivity index (χ2n) is 3.70. The summed E-state index contributed by atoms with van der Waals surface area (Å²) < 4.78 is 4.76. The van der Waals surface area contributed by atoms with Gasteiger partial charge >= 0.3 is 17.9 Å². The van der Waals surface area contributed by atoms with E-state index in [1.165, 1.54) is 0 Å². The van der Waals surface area contributed by atoms with Crippen LogP contribution in [0.15, 0.2) is 0 Å². The quantitative estimate of drug-likeness (QED) is 0.516. The SMILES string of the molecule is CC1CC(CCC(=O)O)(C(=O)O)C(=O)O1. The lowest BCUT2D eigenvalue weighted by Crippen LogP contribution is -2.36. The van der Waals surface area contributed by atoms with Gasteiger partial charge in [0.15, 0.2) is 5.41 Å². The van der Waals surface area contributed by atoms with E-state index in [9.17, 15) is 14.4 Å². The summed E-state index contributed by atoms with van der Waals surface area (Å²) in [7, 11) is 0. The number of carbonyl (C=O) groups is 3. The molecule has 2 unspecified atom stereocenters. The summed E-state index contributed by atoms with van der Waals surface area (Å²) in [6.45, 7) is 1.59. The van der Waals surface area contributed by atoms with Crippen molar-refractivity contribution < 1.29 is 29.3 Å². The molecule has 0 radical (unpaired) electrons. The maximum atomic E-state index is 11.4. The van der Waals surface area contributed by atoms with Crippen molar-refractivity contribution in [2.75, 3.05) is 0 Å². The molecule has 1 aliphatic heterocycles. The molecule has 1 heterocycles. The minimum absolute atomic E-state index is 0.0362. The largest absolute Gasteiger partial charge is 0.481 e. The average molecular weight is 216 g/mol. The monoisotopic (exact) mass is 216 g/mol. The topological polar surface area (TPSA) is 101 Å². The van der Waals surface area contributed by atoms with Crippen LogP contribution in [0.5, 0.6) is 0 Å². The summed E-state index contributed by atoms with van der Waals surface area (Å²) >= 11 is 0. The Morgan fingerprint density at radius 3 is 2.47 bits per heavy atom. The number of carboxylic acid groups (broad SMARTS) is 2. The number of carboxylic acids is 2. The van der Waals surface area contributed by atoms with E-state index < -0.39 is 29.4 Å². The molecule has 0 bridgehead atoms. The van der Waals surface area contributed by atoms with Crippen molar-refractivity contribution in [1.82, 2.24) is 0 Å². The lowest BCUT2D eigenvalue weighted by Gasteiger charge is -2.17. The van der Waals surface area contributed by atoms with Crippen LogP contribution in [0.3, 0.4) is 0 Å². The van der Waals surface area contributed by atoms with Gasteiger partial charge in [-0.2, -0.15) is 0 Å². The summed E-state index contributed by atoms with van der Waals surface area (Å²) in [6.07, 6.45) is -1.01. The zero-order valence-electron chi connectivity index (χ0n) is 8.23. The minimum Gasteiger partial charge on any atom is -0.481 e. The molecule has 2 atom stereocenters. The fourth-order valence-electron chi connectivity index (χ4n) is 1.72. The number of carbonyl (C=O) groups excluding carboxylic acids is 1. The number of rotatable bonds is 4. The highest BCUT2D eigenvalue weighted by atomic mass is 16.6. The molecule has 2 N–H and O–H groups in total. The first kappa shape index (κ1) is 11.5. The van der Waals surface area contributed by atoms with Gasteiger partial charge in [0.05, 0.1) is 0 Å². The number of aliphatic carboxylic acids is 2. The van der Waals surface area contributed by atoms with Crippen molar-refractivity contribution in [3.8, 4) is 0 Å². The van der Waals surface area contributed by atoms with E-state index in [-0.39, 0.29) is 19.3 Å². The fourth-order valence-corrected chi connectivity index (χ4v) is 1.72. The fraction of sp³-hybridized carbons (Fsp3) is 0.667. The van der Waals surface area contributed by atoms with E-state index in [1.54, 1.807) is 6.92 Å². The van der Waals surface area contributed by atoms with Crippen molar-refractivity contribution in [2.45, 2.75) is 32.3 Å². The van der Waals surface area contributed by atoms with E-state index in [0.717, 1.165) is 0 Å². The smallest absolute Gasteiger partial charge is 0.323 e. The van der Waals surface area contributed by atoms with E-state index in [4.69, 9.17) is 14.9 Å². The second kappa shape index (κ2) is 3.88. The highest BCUT2D eigenvalue weighted by molar-refractivity contribution is 6.00. The predicted octanol–water partition coefficient (Wildman–Crippen LogP) is 0.258. The van der Waals surface area contributed by atoms with Crippen molar-refractivity contribution in [2.24, 2.45) is 5.41 Å². The molecule has 6 nitrogen and oxygen atoms in total. The molecule has 0 spiro atoms. The lowest BCUT2D eigenvalue weighted by atomic mass is 9.80. The van der Waals surface area contributed by atoms with Gasteiger partial charge in [-0.05, 0) is 13.3 Å². The number of esters is 1. The van der Waals surface area contributed by atoms with E-state index in [1.807, 2.05) is 0 Å². The number of cyclic esters (lactones) is 1. The van der Waals surface area contributed by atoms with Crippen LogP contribution in [-0.2, 0) is 19.1 Å². The zero-order valence-corrected chi connectivity index (χ0v) is 8.23.